The number of carbonyl (C=O) groups excluding carboxylic acids is 2. The molecule has 1 saturated carbocycles. The van der Waals surface area contributed by atoms with Crippen molar-refractivity contribution in [2.75, 3.05) is 32.1 Å². The molecule has 0 aromatic heterocycles. The standard InChI is InChI=1S/C24H37N5O3/c1-3-32-24(31)29-14-12-20(13-15-29)28-23(25-2)26-17-18-8-7-11-21(16-18)27-22(30)19-9-5-4-6-10-19/h7-8,11,16,19-20H,3-6,9-10,12-15,17H2,1-2H3,(H,27,30)(H2,25,26,28). The van der Waals surface area contributed by atoms with E-state index in [1.54, 1.807) is 11.9 Å². The Morgan fingerprint density at radius 3 is 2.56 bits per heavy atom. The van der Waals surface area contributed by atoms with Crippen LogP contribution in [0.3, 0.4) is 0 Å². The van der Waals surface area contributed by atoms with Crippen molar-refractivity contribution in [2.45, 2.75) is 64.5 Å². The third kappa shape index (κ3) is 7.14. The van der Waals surface area contributed by atoms with Gasteiger partial charge in [0.2, 0.25) is 5.91 Å². The smallest absolute Gasteiger partial charge is 0.409 e. The van der Waals surface area contributed by atoms with Gasteiger partial charge in [-0.2, -0.15) is 0 Å². The number of piperidine rings is 1. The zero-order valence-corrected chi connectivity index (χ0v) is 19.4. The van der Waals surface area contributed by atoms with Crippen molar-refractivity contribution in [1.82, 2.24) is 15.5 Å². The molecule has 1 saturated heterocycles. The Morgan fingerprint density at radius 2 is 1.88 bits per heavy atom. The number of benzene rings is 1. The quantitative estimate of drug-likeness (QED) is 0.462. The molecule has 1 aromatic carbocycles. The summed E-state index contributed by atoms with van der Waals surface area (Å²) in [5, 5.41) is 9.89. The molecule has 2 amide bonds. The molecule has 176 valence electrons. The fourth-order valence-corrected chi connectivity index (χ4v) is 4.36. The summed E-state index contributed by atoms with van der Waals surface area (Å²) in [6, 6.07) is 8.21. The van der Waals surface area contributed by atoms with Crippen molar-refractivity contribution < 1.29 is 14.3 Å². The molecule has 3 N–H and O–H groups in total. The molecular weight excluding hydrogens is 406 g/mol. The highest BCUT2D eigenvalue weighted by atomic mass is 16.6. The van der Waals surface area contributed by atoms with Gasteiger partial charge in [0.05, 0.1) is 6.61 Å². The molecule has 2 aliphatic rings. The third-order valence-corrected chi connectivity index (χ3v) is 6.22. The van der Waals surface area contributed by atoms with Crippen LogP contribution in [0.25, 0.3) is 0 Å². The Hall–Kier alpha value is -2.77. The first-order valence-corrected chi connectivity index (χ1v) is 11.9. The molecule has 1 aliphatic carbocycles. The Balaban J connectivity index is 1.44. The van der Waals surface area contributed by atoms with Gasteiger partial charge < -0.3 is 25.6 Å². The zero-order valence-electron chi connectivity index (χ0n) is 19.4. The van der Waals surface area contributed by atoms with E-state index in [4.69, 9.17) is 4.74 Å². The molecule has 3 rings (SSSR count). The zero-order chi connectivity index (χ0) is 22.8. The van der Waals surface area contributed by atoms with E-state index in [1.807, 2.05) is 31.2 Å². The minimum absolute atomic E-state index is 0.140. The Morgan fingerprint density at radius 1 is 1.12 bits per heavy atom. The molecule has 1 aliphatic heterocycles. The summed E-state index contributed by atoms with van der Waals surface area (Å²) < 4.78 is 5.08. The second-order valence-electron chi connectivity index (χ2n) is 8.55. The first kappa shape index (κ1) is 23.9. The summed E-state index contributed by atoms with van der Waals surface area (Å²) >= 11 is 0. The van der Waals surface area contributed by atoms with Crippen LogP contribution in [0.5, 0.6) is 0 Å². The van der Waals surface area contributed by atoms with Gasteiger partial charge in [-0.1, -0.05) is 31.4 Å². The summed E-state index contributed by atoms with van der Waals surface area (Å²) in [6.45, 7) is 4.18. The lowest BCUT2D eigenvalue weighted by molar-refractivity contribution is -0.120. The van der Waals surface area contributed by atoms with Gasteiger partial charge in [-0.3, -0.25) is 9.79 Å². The Labute approximate surface area is 191 Å². The second-order valence-corrected chi connectivity index (χ2v) is 8.55. The highest BCUT2D eigenvalue weighted by molar-refractivity contribution is 5.92. The van der Waals surface area contributed by atoms with E-state index in [1.165, 1.54) is 6.42 Å². The van der Waals surface area contributed by atoms with Crippen molar-refractivity contribution in [3.05, 3.63) is 29.8 Å². The van der Waals surface area contributed by atoms with E-state index in [-0.39, 0.29) is 24.0 Å². The van der Waals surface area contributed by atoms with Gasteiger partial charge >= 0.3 is 6.09 Å². The highest BCUT2D eigenvalue weighted by Crippen LogP contribution is 2.25. The topological polar surface area (TPSA) is 95.1 Å². The van der Waals surface area contributed by atoms with Crippen LogP contribution >= 0.6 is 0 Å². The number of nitrogens with zero attached hydrogens (tertiary/aromatic N) is 2. The van der Waals surface area contributed by atoms with E-state index in [2.05, 4.69) is 20.9 Å². The number of nitrogens with one attached hydrogen (secondary N) is 3. The number of guanidine groups is 1. The fraction of sp³-hybridized carbons (Fsp3) is 0.625. The lowest BCUT2D eigenvalue weighted by Crippen LogP contribution is -2.49. The van der Waals surface area contributed by atoms with Gasteiger partial charge in [0.25, 0.3) is 0 Å². The number of hydrogen-bond donors (Lipinski definition) is 3. The Bertz CT molecular complexity index is 784. The van der Waals surface area contributed by atoms with Gasteiger partial charge in [0.15, 0.2) is 5.96 Å². The third-order valence-electron chi connectivity index (χ3n) is 6.22. The average molecular weight is 444 g/mol. The number of ether oxygens (including phenoxy) is 1. The molecule has 0 unspecified atom stereocenters. The predicted molar refractivity (Wildman–Crippen MR) is 127 cm³/mol. The average Bonchev–Trinajstić information content (AvgIpc) is 2.83. The Kier molecular flexibility index (Phi) is 9.19. The molecule has 8 nitrogen and oxygen atoms in total. The van der Waals surface area contributed by atoms with E-state index < -0.39 is 0 Å². The minimum atomic E-state index is -0.232. The van der Waals surface area contributed by atoms with Gasteiger partial charge in [0.1, 0.15) is 0 Å². The lowest BCUT2D eigenvalue weighted by atomic mass is 9.88. The predicted octanol–water partition coefficient (Wildman–Crippen LogP) is 3.49. The molecule has 1 heterocycles. The summed E-state index contributed by atoms with van der Waals surface area (Å²) in [7, 11) is 1.75. The van der Waals surface area contributed by atoms with Crippen LogP contribution in [0.4, 0.5) is 10.5 Å². The number of aliphatic imine (C=N–C) groups is 1. The molecule has 0 radical (unpaired) electrons. The van der Waals surface area contributed by atoms with Gasteiger partial charge in [-0.15, -0.1) is 0 Å². The minimum Gasteiger partial charge on any atom is -0.450 e. The monoisotopic (exact) mass is 443 g/mol. The summed E-state index contributed by atoms with van der Waals surface area (Å²) in [4.78, 5) is 30.5. The van der Waals surface area contributed by atoms with E-state index in [0.717, 1.165) is 55.7 Å². The van der Waals surface area contributed by atoms with Crippen LogP contribution in [0.2, 0.25) is 0 Å². The van der Waals surface area contributed by atoms with Crippen LogP contribution in [-0.4, -0.2) is 55.6 Å². The fourth-order valence-electron chi connectivity index (χ4n) is 4.36. The molecule has 0 bridgehead atoms. The van der Waals surface area contributed by atoms with Gasteiger partial charge in [-0.25, -0.2) is 4.79 Å². The van der Waals surface area contributed by atoms with Crippen LogP contribution < -0.4 is 16.0 Å². The number of rotatable bonds is 6. The molecule has 2 fully saturated rings. The van der Waals surface area contributed by atoms with Crippen molar-refractivity contribution in [2.24, 2.45) is 10.9 Å². The van der Waals surface area contributed by atoms with Crippen molar-refractivity contribution >= 4 is 23.6 Å². The first-order chi connectivity index (χ1) is 15.6. The maximum Gasteiger partial charge on any atom is 0.409 e. The molecule has 0 atom stereocenters. The number of amides is 2. The largest absolute Gasteiger partial charge is 0.450 e. The molecule has 1 aromatic rings. The van der Waals surface area contributed by atoms with Gasteiger partial charge in [-0.05, 0) is 50.3 Å². The molecular formula is C24H37N5O3. The van der Waals surface area contributed by atoms with Crippen molar-refractivity contribution in [3.63, 3.8) is 0 Å². The summed E-state index contributed by atoms with van der Waals surface area (Å²) in [5.41, 5.74) is 1.92. The van der Waals surface area contributed by atoms with Crippen LogP contribution in [0, 0.1) is 5.92 Å². The maximum absolute atomic E-state index is 12.5. The summed E-state index contributed by atoms with van der Waals surface area (Å²) in [6.07, 6.45) is 6.99. The normalized spacial score (nSPS) is 18.2. The highest BCUT2D eigenvalue weighted by Gasteiger charge is 2.24. The van der Waals surface area contributed by atoms with Crippen LogP contribution in [-0.2, 0) is 16.1 Å². The number of anilines is 1. The molecule has 0 spiro atoms. The number of hydrogen-bond acceptors (Lipinski definition) is 4. The van der Waals surface area contributed by atoms with E-state index >= 15 is 0 Å². The lowest BCUT2D eigenvalue weighted by Gasteiger charge is -2.32. The number of likely N-dealkylation sites (tertiary alicyclic amines) is 1. The van der Waals surface area contributed by atoms with Crippen LogP contribution in [0.15, 0.2) is 29.3 Å². The van der Waals surface area contributed by atoms with Crippen molar-refractivity contribution in [3.8, 4) is 0 Å². The SMILES string of the molecule is CCOC(=O)N1CCC(NC(=NC)NCc2cccc(NC(=O)C3CCCCC3)c2)CC1. The molecule has 32 heavy (non-hydrogen) atoms. The first-order valence-electron chi connectivity index (χ1n) is 11.9. The van der Waals surface area contributed by atoms with E-state index in [9.17, 15) is 9.59 Å². The number of carbonyl (C=O) groups is 2. The van der Waals surface area contributed by atoms with Gasteiger partial charge in [0, 0.05) is 44.3 Å². The van der Waals surface area contributed by atoms with Crippen LogP contribution in [0.1, 0.15) is 57.4 Å². The maximum atomic E-state index is 12.5. The summed E-state index contributed by atoms with van der Waals surface area (Å²) in [5.74, 6) is 1.02. The van der Waals surface area contributed by atoms with E-state index in [0.29, 0.717) is 26.2 Å². The molecule has 8 heteroatoms. The second kappa shape index (κ2) is 12.3. The van der Waals surface area contributed by atoms with Crippen molar-refractivity contribution in [1.29, 1.82) is 0 Å².